The molecule has 2 rings (SSSR count). The molecule has 88 valence electrons. The summed E-state index contributed by atoms with van der Waals surface area (Å²) in [5.74, 6) is -0.224. The lowest BCUT2D eigenvalue weighted by Crippen LogP contribution is -2.12. The highest BCUT2D eigenvalue weighted by atomic mass is 19.1. The van der Waals surface area contributed by atoms with Gasteiger partial charge in [-0.2, -0.15) is 0 Å². The van der Waals surface area contributed by atoms with Crippen molar-refractivity contribution >= 4 is 0 Å². The van der Waals surface area contributed by atoms with Gasteiger partial charge in [-0.05, 0) is 29.8 Å². The summed E-state index contributed by atoms with van der Waals surface area (Å²) >= 11 is 0. The van der Waals surface area contributed by atoms with E-state index < -0.39 is 0 Å². The van der Waals surface area contributed by atoms with Gasteiger partial charge in [0.2, 0.25) is 0 Å². The zero-order valence-electron chi connectivity index (χ0n) is 9.65. The molecule has 0 amide bonds. The molecule has 0 aliphatic carbocycles. The maximum absolute atomic E-state index is 13.2. The van der Waals surface area contributed by atoms with Crippen LogP contribution < -0.4 is 5.32 Å². The summed E-state index contributed by atoms with van der Waals surface area (Å²) < 4.78 is 13.2. The van der Waals surface area contributed by atoms with Crippen LogP contribution in [-0.4, -0.2) is 16.5 Å². The van der Waals surface area contributed by atoms with E-state index in [1.807, 2.05) is 6.92 Å². The van der Waals surface area contributed by atoms with Gasteiger partial charge < -0.3 is 5.32 Å². The van der Waals surface area contributed by atoms with E-state index in [9.17, 15) is 4.39 Å². The highest BCUT2D eigenvalue weighted by molar-refractivity contribution is 5.65. The lowest BCUT2D eigenvalue weighted by molar-refractivity contribution is 0.622. The molecule has 3 nitrogen and oxygen atoms in total. The Bertz CT molecular complexity index is 485. The number of nitrogens with zero attached hydrogens (tertiary/aromatic N) is 2. The Morgan fingerprint density at radius 3 is 2.71 bits per heavy atom. The molecule has 0 saturated carbocycles. The summed E-state index contributed by atoms with van der Waals surface area (Å²) in [7, 11) is 0. The number of hydrogen-bond donors (Lipinski definition) is 1. The third-order valence-corrected chi connectivity index (χ3v) is 2.50. The molecule has 0 radical (unpaired) electrons. The Hall–Kier alpha value is -1.81. The third kappa shape index (κ3) is 2.85. The van der Waals surface area contributed by atoms with E-state index in [-0.39, 0.29) is 5.82 Å². The van der Waals surface area contributed by atoms with Crippen molar-refractivity contribution in [2.75, 3.05) is 6.54 Å². The van der Waals surface area contributed by atoms with Gasteiger partial charge in [-0.25, -0.2) is 14.4 Å². The van der Waals surface area contributed by atoms with E-state index >= 15 is 0 Å². The van der Waals surface area contributed by atoms with Gasteiger partial charge >= 0.3 is 0 Å². The van der Waals surface area contributed by atoms with Crippen LogP contribution >= 0.6 is 0 Å². The maximum atomic E-state index is 13.2. The second-order valence-corrected chi connectivity index (χ2v) is 3.71. The van der Waals surface area contributed by atoms with Crippen LogP contribution in [0.3, 0.4) is 0 Å². The Morgan fingerprint density at radius 2 is 2.00 bits per heavy atom. The lowest BCUT2D eigenvalue weighted by Gasteiger charge is -2.09. The van der Waals surface area contributed by atoms with Crippen LogP contribution in [0.2, 0.25) is 0 Å². The van der Waals surface area contributed by atoms with Crippen LogP contribution in [0.4, 0.5) is 4.39 Å². The summed E-state index contributed by atoms with van der Waals surface area (Å²) in [5.41, 5.74) is 2.79. The van der Waals surface area contributed by atoms with Crippen molar-refractivity contribution in [1.29, 1.82) is 0 Å². The van der Waals surface area contributed by atoms with Gasteiger partial charge in [0, 0.05) is 24.5 Å². The first-order chi connectivity index (χ1) is 8.31. The highest BCUT2D eigenvalue weighted by Gasteiger charge is 2.06. The van der Waals surface area contributed by atoms with Gasteiger partial charge in [0.05, 0.1) is 0 Å². The standard InChI is InChI=1S/C13H14FN3/c1-2-15-6-10-5-12(14)3-4-13(10)11-7-16-9-17-8-11/h3-5,7-9,15H,2,6H2,1H3. The van der Waals surface area contributed by atoms with Gasteiger partial charge in [0.15, 0.2) is 0 Å². The first-order valence-corrected chi connectivity index (χ1v) is 5.55. The Kier molecular flexibility index (Phi) is 3.77. The Balaban J connectivity index is 2.39. The fourth-order valence-electron chi connectivity index (χ4n) is 1.69. The normalized spacial score (nSPS) is 10.5. The van der Waals surface area contributed by atoms with E-state index in [0.717, 1.165) is 23.2 Å². The van der Waals surface area contributed by atoms with E-state index in [1.165, 1.54) is 12.4 Å². The molecule has 0 unspecified atom stereocenters. The van der Waals surface area contributed by atoms with Gasteiger partial charge in [-0.3, -0.25) is 0 Å². The van der Waals surface area contributed by atoms with E-state index in [1.54, 1.807) is 24.5 Å². The fourth-order valence-corrected chi connectivity index (χ4v) is 1.69. The number of halogens is 1. The summed E-state index contributed by atoms with van der Waals surface area (Å²) in [4.78, 5) is 7.96. The van der Waals surface area contributed by atoms with Crippen LogP contribution in [0.5, 0.6) is 0 Å². The van der Waals surface area contributed by atoms with Crippen molar-refractivity contribution < 1.29 is 4.39 Å². The molecule has 17 heavy (non-hydrogen) atoms. The predicted octanol–water partition coefficient (Wildman–Crippen LogP) is 2.39. The molecule has 1 N–H and O–H groups in total. The molecular weight excluding hydrogens is 217 g/mol. The Morgan fingerprint density at radius 1 is 1.24 bits per heavy atom. The van der Waals surface area contributed by atoms with Crippen LogP contribution in [0, 0.1) is 5.82 Å². The quantitative estimate of drug-likeness (QED) is 0.878. The van der Waals surface area contributed by atoms with E-state index in [0.29, 0.717) is 6.54 Å². The van der Waals surface area contributed by atoms with Crippen LogP contribution in [0.1, 0.15) is 12.5 Å². The van der Waals surface area contributed by atoms with Crippen LogP contribution in [-0.2, 0) is 6.54 Å². The molecule has 0 aliphatic rings. The molecule has 1 aromatic carbocycles. The minimum atomic E-state index is -0.224. The summed E-state index contributed by atoms with van der Waals surface area (Å²) in [6.07, 6.45) is 4.95. The van der Waals surface area contributed by atoms with E-state index in [2.05, 4.69) is 15.3 Å². The van der Waals surface area contributed by atoms with Crippen molar-refractivity contribution in [1.82, 2.24) is 15.3 Å². The SMILES string of the molecule is CCNCc1cc(F)ccc1-c1cncnc1. The monoisotopic (exact) mass is 231 g/mol. The van der Waals surface area contributed by atoms with Crippen LogP contribution in [0.25, 0.3) is 11.1 Å². The molecular formula is C13H14FN3. The second kappa shape index (κ2) is 5.50. The predicted molar refractivity (Wildman–Crippen MR) is 64.8 cm³/mol. The Labute approximate surface area is 99.7 Å². The largest absolute Gasteiger partial charge is 0.313 e. The molecule has 0 atom stereocenters. The second-order valence-electron chi connectivity index (χ2n) is 3.71. The molecule has 1 heterocycles. The molecule has 0 fully saturated rings. The number of nitrogens with one attached hydrogen (secondary N) is 1. The van der Waals surface area contributed by atoms with Crippen molar-refractivity contribution in [2.45, 2.75) is 13.5 Å². The number of aromatic nitrogens is 2. The zero-order valence-corrected chi connectivity index (χ0v) is 9.65. The number of hydrogen-bond acceptors (Lipinski definition) is 3. The topological polar surface area (TPSA) is 37.8 Å². The average molecular weight is 231 g/mol. The lowest BCUT2D eigenvalue weighted by atomic mass is 10.0. The third-order valence-electron chi connectivity index (χ3n) is 2.50. The number of benzene rings is 1. The number of rotatable bonds is 4. The molecule has 4 heteroatoms. The average Bonchev–Trinajstić information content (AvgIpc) is 2.37. The molecule has 0 saturated heterocycles. The van der Waals surface area contributed by atoms with Crippen molar-refractivity contribution in [3.8, 4) is 11.1 Å². The molecule has 1 aromatic heterocycles. The fraction of sp³-hybridized carbons (Fsp3) is 0.231. The molecule has 2 aromatic rings. The van der Waals surface area contributed by atoms with E-state index in [4.69, 9.17) is 0 Å². The van der Waals surface area contributed by atoms with Crippen molar-refractivity contribution in [3.63, 3.8) is 0 Å². The minimum absolute atomic E-state index is 0.224. The van der Waals surface area contributed by atoms with Gasteiger partial charge in [-0.1, -0.05) is 13.0 Å². The first kappa shape index (κ1) is 11.7. The zero-order chi connectivity index (χ0) is 12.1. The smallest absolute Gasteiger partial charge is 0.123 e. The maximum Gasteiger partial charge on any atom is 0.123 e. The first-order valence-electron chi connectivity index (χ1n) is 5.55. The van der Waals surface area contributed by atoms with Crippen LogP contribution in [0.15, 0.2) is 36.9 Å². The molecule has 0 aliphatic heterocycles. The molecule has 0 spiro atoms. The highest BCUT2D eigenvalue weighted by Crippen LogP contribution is 2.23. The minimum Gasteiger partial charge on any atom is -0.313 e. The summed E-state index contributed by atoms with van der Waals surface area (Å²) in [6.45, 7) is 3.50. The van der Waals surface area contributed by atoms with Gasteiger partial charge in [0.1, 0.15) is 12.1 Å². The van der Waals surface area contributed by atoms with Gasteiger partial charge in [-0.15, -0.1) is 0 Å². The molecule has 0 bridgehead atoms. The van der Waals surface area contributed by atoms with Crippen molar-refractivity contribution in [3.05, 3.63) is 48.3 Å². The summed E-state index contributed by atoms with van der Waals surface area (Å²) in [5, 5.41) is 3.19. The van der Waals surface area contributed by atoms with Gasteiger partial charge in [0.25, 0.3) is 0 Å². The van der Waals surface area contributed by atoms with Crippen molar-refractivity contribution in [2.24, 2.45) is 0 Å². The summed E-state index contributed by atoms with van der Waals surface area (Å²) in [6, 6.07) is 4.77.